The number of carbonyl (C=O) groups is 1. The Bertz CT molecular complexity index is 896. The Morgan fingerprint density at radius 3 is 1.74 bits per heavy atom. The van der Waals surface area contributed by atoms with Crippen molar-refractivity contribution in [2.75, 3.05) is 6.61 Å². The maximum absolute atomic E-state index is 12.6. The summed E-state index contributed by atoms with van der Waals surface area (Å²) < 4.78 is 5.91. The Morgan fingerprint density at radius 2 is 1.18 bits per heavy atom. The monoisotopic (exact) mass is 532 g/mol. The molecular weight excluding hydrogens is 476 g/mol. The lowest BCUT2D eigenvalue weighted by Crippen LogP contribution is -1.99. The molecule has 0 aliphatic carbocycles. The summed E-state index contributed by atoms with van der Waals surface area (Å²) in [6.07, 6.45) is 29.1. The van der Waals surface area contributed by atoms with Gasteiger partial charge in [0.15, 0.2) is 5.78 Å². The average Bonchev–Trinajstić information content (AvgIpc) is 2.97. The Hall–Kier alpha value is -2.35. The first kappa shape index (κ1) is 32.9. The molecule has 39 heavy (non-hydrogen) atoms. The highest BCUT2D eigenvalue weighted by Crippen LogP contribution is 2.17. The molecule has 2 heteroatoms. The normalized spacial score (nSPS) is 11.3. The molecule has 0 bridgehead atoms. The van der Waals surface area contributed by atoms with Crippen LogP contribution in [0.15, 0.2) is 54.6 Å². The number of hydrogen-bond donors (Lipinski definition) is 0. The maximum atomic E-state index is 12.6. The molecule has 0 atom stereocenters. The van der Waals surface area contributed by atoms with E-state index >= 15 is 0 Å². The van der Waals surface area contributed by atoms with E-state index in [2.05, 4.69) is 38.1 Å². The minimum Gasteiger partial charge on any atom is -0.494 e. The van der Waals surface area contributed by atoms with Crippen LogP contribution in [0.25, 0.3) is 6.08 Å². The van der Waals surface area contributed by atoms with Crippen LogP contribution in [0.4, 0.5) is 0 Å². The third kappa shape index (κ3) is 16.4. The molecule has 0 unspecified atom stereocenters. The second-order valence-electron chi connectivity index (χ2n) is 11.2. The van der Waals surface area contributed by atoms with E-state index in [0.717, 1.165) is 30.8 Å². The van der Waals surface area contributed by atoms with Gasteiger partial charge in [-0.1, -0.05) is 147 Å². The van der Waals surface area contributed by atoms with Gasteiger partial charge in [-0.05, 0) is 60.7 Å². The molecular formula is C37H56O2. The molecule has 0 aromatic heterocycles. The van der Waals surface area contributed by atoms with Crippen LogP contribution in [0, 0.1) is 0 Å². The summed E-state index contributed by atoms with van der Waals surface area (Å²) in [5.41, 5.74) is 3.11. The van der Waals surface area contributed by atoms with E-state index in [9.17, 15) is 4.79 Å². The zero-order chi connectivity index (χ0) is 27.8. The molecule has 2 nitrogen and oxygen atoms in total. The van der Waals surface area contributed by atoms with Crippen LogP contribution in [0.1, 0.15) is 151 Å². The Labute approximate surface area is 240 Å². The van der Waals surface area contributed by atoms with Gasteiger partial charge in [-0.3, -0.25) is 4.79 Å². The van der Waals surface area contributed by atoms with Gasteiger partial charge in [0, 0.05) is 5.56 Å². The van der Waals surface area contributed by atoms with Crippen molar-refractivity contribution in [2.45, 2.75) is 136 Å². The van der Waals surface area contributed by atoms with Gasteiger partial charge in [0.2, 0.25) is 0 Å². The number of carbonyl (C=O) groups excluding carboxylic acids is 1. The lowest BCUT2D eigenvalue weighted by Gasteiger charge is -2.07. The fourth-order valence-electron chi connectivity index (χ4n) is 5.06. The van der Waals surface area contributed by atoms with E-state index in [1.54, 1.807) is 6.08 Å². The van der Waals surface area contributed by atoms with Gasteiger partial charge in [0.1, 0.15) is 5.75 Å². The zero-order valence-corrected chi connectivity index (χ0v) is 25.2. The number of rotatable bonds is 24. The lowest BCUT2D eigenvalue weighted by atomic mass is 10.0. The number of hydrogen-bond acceptors (Lipinski definition) is 2. The lowest BCUT2D eigenvalue weighted by molar-refractivity contribution is 0.104. The van der Waals surface area contributed by atoms with Gasteiger partial charge in [-0.15, -0.1) is 0 Å². The second-order valence-corrected chi connectivity index (χ2v) is 11.2. The molecule has 0 aliphatic rings. The summed E-state index contributed by atoms with van der Waals surface area (Å²) in [5.74, 6) is 0.874. The smallest absolute Gasteiger partial charge is 0.185 e. The number of allylic oxidation sites excluding steroid dienone is 1. The van der Waals surface area contributed by atoms with Crippen LogP contribution in [-0.2, 0) is 6.42 Å². The van der Waals surface area contributed by atoms with E-state index in [1.807, 2.05) is 30.3 Å². The maximum Gasteiger partial charge on any atom is 0.185 e. The predicted molar refractivity (Wildman–Crippen MR) is 170 cm³/mol. The van der Waals surface area contributed by atoms with Crippen LogP contribution in [0.3, 0.4) is 0 Å². The second kappa shape index (κ2) is 22.5. The molecule has 216 valence electrons. The molecule has 0 aliphatic heterocycles. The van der Waals surface area contributed by atoms with E-state index in [0.29, 0.717) is 5.56 Å². The molecule has 0 fully saturated rings. The minimum atomic E-state index is 0.0262. The molecule has 2 rings (SSSR count). The van der Waals surface area contributed by atoms with Gasteiger partial charge in [-0.2, -0.15) is 0 Å². The first-order chi connectivity index (χ1) is 19.2. The highest BCUT2D eigenvalue weighted by atomic mass is 16.5. The summed E-state index contributed by atoms with van der Waals surface area (Å²) in [6.45, 7) is 5.25. The molecule has 2 aromatic rings. The first-order valence-corrected chi connectivity index (χ1v) is 16.3. The van der Waals surface area contributed by atoms with E-state index in [1.165, 1.54) is 115 Å². The highest BCUT2D eigenvalue weighted by Gasteiger charge is 2.03. The van der Waals surface area contributed by atoms with Gasteiger partial charge in [0.05, 0.1) is 6.61 Å². The molecule has 0 saturated heterocycles. The van der Waals surface area contributed by atoms with E-state index < -0.39 is 0 Å². The Morgan fingerprint density at radius 1 is 0.641 bits per heavy atom. The number of benzene rings is 2. The van der Waals surface area contributed by atoms with Crippen LogP contribution in [-0.4, -0.2) is 12.4 Å². The quantitative estimate of drug-likeness (QED) is 0.0763. The summed E-state index contributed by atoms with van der Waals surface area (Å²) in [5, 5.41) is 0. The van der Waals surface area contributed by atoms with Crippen LogP contribution >= 0.6 is 0 Å². The third-order valence-electron chi connectivity index (χ3n) is 7.60. The SMILES string of the molecule is CCCCCCCCCCCCCCCCCCOc1ccc(C(=O)C=Cc2cccc(CCCC)c2)cc1. The third-order valence-corrected chi connectivity index (χ3v) is 7.60. The van der Waals surface area contributed by atoms with Crippen molar-refractivity contribution >= 4 is 11.9 Å². The van der Waals surface area contributed by atoms with Gasteiger partial charge < -0.3 is 4.74 Å². The van der Waals surface area contributed by atoms with Crippen molar-refractivity contribution in [1.29, 1.82) is 0 Å². The van der Waals surface area contributed by atoms with Gasteiger partial charge >= 0.3 is 0 Å². The average molecular weight is 533 g/mol. The number of unbranched alkanes of at least 4 members (excludes halogenated alkanes) is 16. The standard InChI is InChI=1S/C37H56O2/c1-3-5-7-8-9-10-11-12-13-14-15-16-17-18-19-20-31-39-36-28-26-35(27-29-36)37(38)30-25-34-24-21-23-33(32-34)22-6-4-2/h21,23-30,32H,3-20,22,31H2,1-2H3. The topological polar surface area (TPSA) is 26.3 Å². The zero-order valence-electron chi connectivity index (χ0n) is 25.2. The van der Waals surface area contributed by atoms with Crippen LogP contribution < -0.4 is 4.74 Å². The number of ether oxygens (including phenoxy) is 1. The van der Waals surface area contributed by atoms with E-state index in [4.69, 9.17) is 4.74 Å². The number of ketones is 1. The van der Waals surface area contributed by atoms with Crippen molar-refractivity contribution in [3.05, 3.63) is 71.3 Å². The molecule has 0 radical (unpaired) electrons. The number of aryl methyl sites for hydroxylation is 1. The molecule has 0 N–H and O–H groups in total. The van der Waals surface area contributed by atoms with Gasteiger partial charge in [-0.25, -0.2) is 0 Å². The minimum absolute atomic E-state index is 0.0262. The summed E-state index contributed by atoms with van der Waals surface area (Å²) >= 11 is 0. The largest absolute Gasteiger partial charge is 0.494 e. The van der Waals surface area contributed by atoms with Gasteiger partial charge in [0.25, 0.3) is 0 Å². The highest BCUT2D eigenvalue weighted by molar-refractivity contribution is 6.06. The van der Waals surface area contributed by atoms with Crippen molar-refractivity contribution in [1.82, 2.24) is 0 Å². The molecule has 0 amide bonds. The summed E-state index contributed by atoms with van der Waals surface area (Å²) in [7, 11) is 0. The first-order valence-electron chi connectivity index (χ1n) is 16.3. The molecule has 0 heterocycles. The van der Waals surface area contributed by atoms with Crippen molar-refractivity contribution in [3.63, 3.8) is 0 Å². The molecule has 0 saturated carbocycles. The predicted octanol–water partition coefficient (Wildman–Crippen LogP) is 11.6. The summed E-state index contributed by atoms with van der Waals surface area (Å²) in [6, 6.07) is 16.0. The van der Waals surface area contributed by atoms with Crippen LogP contribution in [0.2, 0.25) is 0 Å². The Balaban J connectivity index is 1.48. The van der Waals surface area contributed by atoms with E-state index in [-0.39, 0.29) is 5.78 Å². The van der Waals surface area contributed by atoms with Crippen molar-refractivity contribution in [3.8, 4) is 5.75 Å². The summed E-state index contributed by atoms with van der Waals surface area (Å²) in [4.78, 5) is 12.6. The molecule has 0 spiro atoms. The fourth-order valence-corrected chi connectivity index (χ4v) is 5.06. The van der Waals surface area contributed by atoms with Crippen LogP contribution in [0.5, 0.6) is 5.75 Å². The van der Waals surface area contributed by atoms with Crippen molar-refractivity contribution < 1.29 is 9.53 Å². The molecule has 2 aromatic carbocycles. The Kier molecular flexibility index (Phi) is 18.9. The van der Waals surface area contributed by atoms with Crippen molar-refractivity contribution in [2.24, 2.45) is 0 Å². The fraction of sp³-hybridized carbons (Fsp3) is 0.595.